The van der Waals surface area contributed by atoms with E-state index in [2.05, 4.69) is 4.99 Å². The van der Waals surface area contributed by atoms with Crippen LogP contribution in [0, 0.1) is 11.6 Å². The van der Waals surface area contributed by atoms with Crippen LogP contribution < -0.4 is 4.80 Å². The Morgan fingerprint density at radius 3 is 2.32 bits per heavy atom. The molecule has 3 aromatic rings. The van der Waals surface area contributed by atoms with Gasteiger partial charge in [-0.25, -0.2) is 17.2 Å². The lowest BCUT2D eigenvalue weighted by Gasteiger charge is -2.18. The molecule has 1 aromatic heterocycles. The molecule has 0 atom stereocenters. The average molecular weight is 468 g/mol. The van der Waals surface area contributed by atoms with Gasteiger partial charge < -0.3 is 4.57 Å². The minimum atomic E-state index is -3.63. The molecule has 3 rings (SSSR count). The maximum Gasteiger partial charge on any atom is 0.279 e. The van der Waals surface area contributed by atoms with E-state index in [0.29, 0.717) is 30.8 Å². The van der Waals surface area contributed by atoms with Crippen LogP contribution in [0.15, 0.2) is 46.3 Å². The third-order valence-electron chi connectivity index (χ3n) is 4.78. The van der Waals surface area contributed by atoms with Crippen LogP contribution in [-0.4, -0.2) is 36.3 Å². The number of amides is 1. The molecule has 0 N–H and O–H groups in total. The Labute approximate surface area is 183 Å². The first-order valence-electron chi connectivity index (χ1n) is 9.90. The zero-order chi connectivity index (χ0) is 22.8. The van der Waals surface area contributed by atoms with E-state index >= 15 is 0 Å². The molecule has 1 heterocycles. The number of thiazole rings is 1. The molecule has 0 unspecified atom stereocenters. The minimum Gasteiger partial charge on any atom is -0.314 e. The van der Waals surface area contributed by atoms with E-state index in [0.717, 1.165) is 17.4 Å². The van der Waals surface area contributed by atoms with Crippen molar-refractivity contribution in [1.82, 2.24) is 8.87 Å². The summed E-state index contributed by atoms with van der Waals surface area (Å²) in [4.78, 5) is 17.2. The van der Waals surface area contributed by atoms with Gasteiger partial charge in [-0.2, -0.15) is 9.30 Å². The fourth-order valence-corrected chi connectivity index (χ4v) is 5.83. The molecular formula is C21H23F2N3O3S2. The fourth-order valence-electron chi connectivity index (χ4n) is 3.28. The maximum absolute atomic E-state index is 14.3. The number of sulfonamides is 1. The van der Waals surface area contributed by atoms with E-state index in [1.165, 1.54) is 34.6 Å². The number of fused-ring (bicyclic) bond motifs is 1. The molecular weight excluding hydrogens is 444 g/mol. The molecule has 0 fully saturated rings. The molecule has 0 radical (unpaired) electrons. The summed E-state index contributed by atoms with van der Waals surface area (Å²) < 4.78 is 56.4. The Morgan fingerprint density at radius 2 is 1.74 bits per heavy atom. The second-order valence-electron chi connectivity index (χ2n) is 6.80. The Hall–Kier alpha value is -2.43. The summed E-state index contributed by atoms with van der Waals surface area (Å²) in [5.74, 6) is -2.00. The van der Waals surface area contributed by atoms with Crippen LogP contribution in [0.5, 0.6) is 0 Å². The Kier molecular flexibility index (Phi) is 7.03. The molecule has 1 amide bonds. The smallest absolute Gasteiger partial charge is 0.279 e. The average Bonchev–Trinajstić information content (AvgIpc) is 3.06. The van der Waals surface area contributed by atoms with Crippen molar-refractivity contribution in [3.05, 3.63) is 58.4 Å². The second-order valence-corrected chi connectivity index (χ2v) is 9.75. The van der Waals surface area contributed by atoms with E-state index in [4.69, 9.17) is 0 Å². The Morgan fingerprint density at radius 1 is 1.10 bits per heavy atom. The quantitative estimate of drug-likeness (QED) is 0.524. The normalized spacial score (nSPS) is 12.8. The van der Waals surface area contributed by atoms with Gasteiger partial charge in [0.1, 0.15) is 5.82 Å². The van der Waals surface area contributed by atoms with Crippen molar-refractivity contribution in [1.29, 1.82) is 0 Å². The molecule has 31 heavy (non-hydrogen) atoms. The third kappa shape index (κ3) is 4.60. The van der Waals surface area contributed by atoms with Gasteiger partial charge in [-0.3, -0.25) is 4.79 Å². The summed E-state index contributed by atoms with van der Waals surface area (Å²) in [7, 11) is -3.63. The van der Waals surface area contributed by atoms with Gasteiger partial charge in [0.15, 0.2) is 10.6 Å². The number of carbonyl (C=O) groups excluding carboxylic acids is 1. The summed E-state index contributed by atoms with van der Waals surface area (Å²) >= 11 is 1.03. The monoisotopic (exact) mass is 467 g/mol. The first-order valence-corrected chi connectivity index (χ1v) is 12.2. The minimum absolute atomic E-state index is 0.0909. The predicted octanol–water partition coefficient (Wildman–Crippen LogP) is 4.16. The molecule has 0 aliphatic rings. The molecule has 166 valence electrons. The highest BCUT2D eigenvalue weighted by Gasteiger charge is 2.22. The Balaban J connectivity index is 2.02. The van der Waals surface area contributed by atoms with Gasteiger partial charge in [0.2, 0.25) is 10.0 Å². The van der Waals surface area contributed by atoms with Crippen LogP contribution in [0.3, 0.4) is 0 Å². The summed E-state index contributed by atoms with van der Waals surface area (Å²) in [6.45, 7) is 6.51. The third-order valence-corrected chi connectivity index (χ3v) is 7.87. The van der Waals surface area contributed by atoms with Crippen molar-refractivity contribution in [2.75, 3.05) is 13.1 Å². The van der Waals surface area contributed by atoms with E-state index in [-0.39, 0.29) is 20.8 Å². The molecule has 0 bridgehead atoms. The van der Waals surface area contributed by atoms with Gasteiger partial charge >= 0.3 is 0 Å². The number of aromatic nitrogens is 1. The van der Waals surface area contributed by atoms with Gasteiger partial charge in [-0.15, -0.1) is 0 Å². The molecule has 0 aliphatic carbocycles. The van der Waals surface area contributed by atoms with Crippen LogP contribution in [-0.2, 0) is 16.6 Å². The SMILES string of the molecule is CCCn1c(=NC(=O)c2ccc(S(=O)(=O)N(CC)CC)cc2)sc2cc(F)cc(F)c21. The van der Waals surface area contributed by atoms with Crippen LogP contribution in [0.25, 0.3) is 10.2 Å². The first kappa shape index (κ1) is 23.2. The zero-order valence-corrected chi connectivity index (χ0v) is 19.1. The number of aryl methyl sites for hydroxylation is 1. The lowest BCUT2D eigenvalue weighted by molar-refractivity contribution is 0.0997. The van der Waals surface area contributed by atoms with Crippen molar-refractivity contribution in [3.8, 4) is 0 Å². The van der Waals surface area contributed by atoms with E-state index in [9.17, 15) is 22.0 Å². The van der Waals surface area contributed by atoms with Crippen molar-refractivity contribution in [2.45, 2.75) is 38.6 Å². The lowest BCUT2D eigenvalue weighted by Crippen LogP contribution is -2.30. The number of rotatable bonds is 7. The van der Waals surface area contributed by atoms with Crippen molar-refractivity contribution in [3.63, 3.8) is 0 Å². The standard InChI is InChI=1S/C21H23F2N3O3S2/c1-4-11-26-19-17(23)12-15(22)13-18(19)30-21(26)24-20(27)14-7-9-16(10-8-14)31(28,29)25(5-2)6-3/h7-10,12-13H,4-6,11H2,1-3H3. The molecule has 2 aromatic carbocycles. The highest BCUT2D eigenvalue weighted by atomic mass is 32.2. The van der Waals surface area contributed by atoms with E-state index in [1.807, 2.05) is 6.92 Å². The van der Waals surface area contributed by atoms with Crippen LogP contribution in [0.4, 0.5) is 8.78 Å². The topological polar surface area (TPSA) is 71.7 Å². The van der Waals surface area contributed by atoms with Gasteiger partial charge in [0, 0.05) is 31.3 Å². The molecule has 0 saturated carbocycles. The van der Waals surface area contributed by atoms with E-state index < -0.39 is 27.6 Å². The summed E-state index contributed by atoms with van der Waals surface area (Å²) in [6, 6.07) is 7.57. The second kappa shape index (κ2) is 9.37. The number of hydrogen-bond acceptors (Lipinski definition) is 4. The highest BCUT2D eigenvalue weighted by Crippen LogP contribution is 2.23. The summed E-state index contributed by atoms with van der Waals surface area (Å²) in [5, 5.41) is 0. The fraction of sp³-hybridized carbons (Fsp3) is 0.333. The first-order chi connectivity index (χ1) is 14.7. The predicted molar refractivity (Wildman–Crippen MR) is 116 cm³/mol. The molecule has 0 aliphatic heterocycles. The molecule has 0 spiro atoms. The highest BCUT2D eigenvalue weighted by molar-refractivity contribution is 7.89. The van der Waals surface area contributed by atoms with Crippen molar-refractivity contribution >= 4 is 37.5 Å². The van der Waals surface area contributed by atoms with Crippen LogP contribution in [0.1, 0.15) is 37.6 Å². The summed E-state index contributed by atoms with van der Waals surface area (Å²) in [5.41, 5.74) is 0.408. The number of carbonyl (C=O) groups is 1. The number of halogens is 2. The van der Waals surface area contributed by atoms with Gasteiger partial charge in [-0.1, -0.05) is 32.1 Å². The lowest BCUT2D eigenvalue weighted by atomic mass is 10.2. The summed E-state index contributed by atoms with van der Waals surface area (Å²) in [6.07, 6.45) is 0.669. The molecule has 6 nitrogen and oxygen atoms in total. The number of benzene rings is 2. The van der Waals surface area contributed by atoms with Gasteiger partial charge in [-0.05, 0) is 36.8 Å². The van der Waals surface area contributed by atoms with Crippen LogP contribution in [0.2, 0.25) is 0 Å². The number of nitrogens with zero attached hydrogens (tertiary/aromatic N) is 3. The molecule has 10 heteroatoms. The zero-order valence-electron chi connectivity index (χ0n) is 17.4. The van der Waals surface area contributed by atoms with Crippen LogP contribution >= 0.6 is 11.3 Å². The van der Waals surface area contributed by atoms with Gasteiger partial charge in [0.25, 0.3) is 5.91 Å². The maximum atomic E-state index is 14.3. The van der Waals surface area contributed by atoms with Crippen molar-refractivity contribution < 1.29 is 22.0 Å². The number of hydrogen-bond donors (Lipinski definition) is 0. The largest absolute Gasteiger partial charge is 0.314 e. The molecule has 0 saturated heterocycles. The Bertz CT molecular complexity index is 1280. The van der Waals surface area contributed by atoms with Gasteiger partial charge in [0.05, 0.1) is 15.1 Å². The van der Waals surface area contributed by atoms with E-state index in [1.54, 1.807) is 18.4 Å². The van der Waals surface area contributed by atoms with Crippen molar-refractivity contribution in [2.24, 2.45) is 4.99 Å².